The second-order valence-electron chi connectivity index (χ2n) is 5.27. The molecule has 0 aliphatic rings. The molecule has 1 heterocycles. The topological polar surface area (TPSA) is 59.8 Å². The van der Waals surface area contributed by atoms with E-state index in [1.165, 1.54) is 10.2 Å². The molecule has 0 radical (unpaired) electrons. The fraction of sp³-hybridized carbons (Fsp3) is 0.357. The van der Waals surface area contributed by atoms with E-state index in [9.17, 15) is 4.79 Å². The highest BCUT2D eigenvalue weighted by Gasteiger charge is 2.21. The lowest BCUT2D eigenvalue weighted by Crippen LogP contribution is -2.38. The van der Waals surface area contributed by atoms with Crippen LogP contribution in [0.1, 0.15) is 19.4 Å². The summed E-state index contributed by atoms with van der Waals surface area (Å²) >= 11 is 3.42. The molecule has 5 nitrogen and oxygen atoms in total. The van der Waals surface area contributed by atoms with Crippen molar-refractivity contribution in [3.05, 3.63) is 46.7 Å². The van der Waals surface area contributed by atoms with Crippen LogP contribution in [0.2, 0.25) is 0 Å². The molecule has 1 amide bonds. The minimum atomic E-state index is -0.126. The van der Waals surface area contributed by atoms with E-state index in [4.69, 9.17) is 0 Å². The molecule has 0 atom stereocenters. The van der Waals surface area contributed by atoms with Gasteiger partial charge in [-0.3, -0.25) is 4.79 Å². The van der Waals surface area contributed by atoms with Crippen molar-refractivity contribution in [2.24, 2.45) is 0 Å². The smallest absolute Gasteiger partial charge is 0.241 e. The minimum Gasteiger partial charge on any atom is -0.354 e. The summed E-state index contributed by atoms with van der Waals surface area (Å²) < 4.78 is 2.55. The molecular formula is C14H17BrN4O. The third-order valence-electron chi connectivity index (χ3n) is 3.13. The Morgan fingerprint density at radius 2 is 2.05 bits per heavy atom. The minimum absolute atomic E-state index is 0.0688. The van der Waals surface area contributed by atoms with Crippen molar-refractivity contribution < 1.29 is 4.79 Å². The van der Waals surface area contributed by atoms with Crippen LogP contribution >= 0.6 is 15.9 Å². The number of hydrogen-bond donors (Lipinski definition) is 1. The molecule has 0 unspecified atom stereocenters. The van der Waals surface area contributed by atoms with Crippen LogP contribution in [-0.4, -0.2) is 27.4 Å². The highest BCUT2D eigenvalue weighted by atomic mass is 79.9. The van der Waals surface area contributed by atoms with Gasteiger partial charge in [-0.25, -0.2) is 4.68 Å². The molecule has 106 valence electrons. The number of nitrogens with zero attached hydrogens (tertiary/aromatic N) is 3. The Hall–Kier alpha value is -1.69. The van der Waals surface area contributed by atoms with Crippen LogP contribution in [0.5, 0.6) is 0 Å². The van der Waals surface area contributed by atoms with Crippen molar-refractivity contribution in [2.45, 2.75) is 25.8 Å². The second kappa shape index (κ2) is 6.17. The molecule has 20 heavy (non-hydrogen) atoms. The lowest BCUT2D eigenvalue weighted by atomic mass is 9.84. The molecule has 1 aromatic heterocycles. The summed E-state index contributed by atoms with van der Waals surface area (Å²) in [7, 11) is 0. The van der Waals surface area contributed by atoms with Crippen molar-refractivity contribution in [3.63, 3.8) is 0 Å². The second-order valence-corrected chi connectivity index (χ2v) is 6.18. The highest BCUT2D eigenvalue weighted by molar-refractivity contribution is 9.10. The number of hydrogen-bond acceptors (Lipinski definition) is 3. The number of halogens is 1. The Balaban J connectivity index is 1.91. The Labute approximate surface area is 126 Å². The molecule has 0 saturated carbocycles. The van der Waals surface area contributed by atoms with Gasteiger partial charge in [-0.05, 0) is 17.7 Å². The van der Waals surface area contributed by atoms with Gasteiger partial charge in [-0.2, -0.15) is 0 Å². The van der Waals surface area contributed by atoms with Crippen LogP contribution in [0.25, 0.3) is 0 Å². The van der Waals surface area contributed by atoms with E-state index < -0.39 is 0 Å². The zero-order chi connectivity index (χ0) is 14.6. The quantitative estimate of drug-likeness (QED) is 0.909. The maximum absolute atomic E-state index is 11.8. The average molecular weight is 337 g/mol. The van der Waals surface area contributed by atoms with Gasteiger partial charge in [-0.15, -0.1) is 5.10 Å². The molecule has 0 fully saturated rings. The number of benzene rings is 1. The molecule has 1 aromatic carbocycles. The summed E-state index contributed by atoms with van der Waals surface area (Å²) in [4.78, 5) is 11.8. The summed E-state index contributed by atoms with van der Waals surface area (Å²) in [5.41, 5.74) is 1.06. The number of nitrogens with one attached hydrogen (secondary N) is 1. The van der Waals surface area contributed by atoms with Gasteiger partial charge >= 0.3 is 0 Å². The number of carbonyl (C=O) groups excluding carboxylic acids is 1. The van der Waals surface area contributed by atoms with Crippen molar-refractivity contribution in [2.75, 3.05) is 6.54 Å². The monoisotopic (exact) mass is 336 g/mol. The van der Waals surface area contributed by atoms with Crippen molar-refractivity contribution in [3.8, 4) is 0 Å². The Morgan fingerprint density at radius 3 is 2.65 bits per heavy atom. The highest BCUT2D eigenvalue weighted by Crippen LogP contribution is 2.23. The number of amides is 1. The number of rotatable bonds is 5. The molecular weight excluding hydrogens is 320 g/mol. The first-order chi connectivity index (χ1) is 9.47. The van der Waals surface area contributed by atoms with Gasteiger partial charge in [0, 0.05) is 22.6 Å². The van der Waals surface area contributed by atoms with Gasteiger partial charge in [0.25, 0.3) is 0 Å². The summed E-state index contributed by atoms with van der Waals surface area (Å²) in [5.74, 6) is -0.0688. The summed E-state index contributed by atoms with van der Waals surface area (Å²) in [6.07, 6.45) is 3.22. The summed E-state index contributed by atoms with van der Waals surface area (Å²) in [5, 5.41) is 10.4. The molecule has 2 rings (SSSR count). The average Bonchev–Trinajstić information content (AvgIpc) is 2.90. The molecule has 0 aliphatic heterocycles. The van der Waals surface area contributed by atoms with Gasteiger partial charge in [0.2, 0.25) is 5.91 Å². The van der Waals surface area contributed by atoms with E-state index in [1.54, 1.807) is 12.4 Å². The lowest BCUT2D eigenvalue weighted by molar-refractivity contribution is -0.122. The van der Waals surface area contributed by atoms with E-state index in [1.807, 2.05) is 12.1 Å². The van der Waals surface area contributed by atoms with Gasteiger partial charge in [0.05, 0.1) is 6.20 Å². The molecule has 1 N–H and O–H groups in total. The largest absolute Gasteiger partial charge is 0.354 e. The maximum atomic E-state index is 11.8. The standard InChI is InChI=1S/C14H17BrN4O/c1-14(2,11-3-5-12(15)6-4-11)10-16-13(20)9-19-8-7-17-18-19/h3-8H,9-10H2,1-2H3,(H,16,20). The Kier molecular flexibility index (Phi) is 4.54. The zero-order valence-electron chi connectivity index (χ0n) is 11.5. The van der Waals surface area contributed by atoms with E-state index >= 15 is 0 Å². The van der Waals surface area contributed by atoms with Crippen LogP contribution in [-0.2, 0) is 16.8 Å². The normalized spacial score (nSPS) is 11.3. The van der Waals surface area contributed by atoms with Gasteiger partial charge in [0.15, 0.2) is 0 Å². The molecule has 0 spiro atoms. The van der Waals surface area contributed by atoms with Crippen molar-refractivity contribution in [1.29, 1.82) is 0 Å². The van der Waals surface area contributed by atoms with Crippen LogP contribution in [0.4, 0.5) is 0 Å². The molecule has 6 heteroatoms. The maximum Gasteiger partial charge on any atom is 0.241 e. The fourth-order valence-electron chi connectivity index (χ4n) is 1.84. The van der Waals surface area contributed by atoms with Crippen LogP contribution in [0.15, 0.2) is 41.1 Å². The first-order valence-corrected chi connectivity index (χ1v) is 7.13. The van der Waals surface area contributed by atoms with Crippen molar-refractivity contribution in [1.82, 2.24) is 20.3 Å². The van der Waals surface area contributed by atoms with Crippen LogP contribution in [0.3, 0.4) is 0 Å². The zero-order valence-corrected chi connectivity index (χ0v) is 13.1. The molecule has 0 saturated heterocycles. The van der Waals surface area contributed by atoms with Gasteiger partial charge in [0.1, 0.15) is 6.54 Å². The summed E-state index contributed by atoms with van der Waals surface area (Å²) in [6, 6.07) is 8.14. The number of carbonyl (C=O) groups is 1. The third kappa shape index (κ3) is 3.90. The van der Waals surface area contributed by atoms with E-state index in [0.29, 0.717) is 6.54 Å². The Morgan fingerprint density at radius 1 is 1.35 bits per heavy atom. The predicted molar refractivity (Wildman–Crippen MR) is 80.2 cm³/mol. The lowest BCUT2D eigenvalue weighted by Gasteiger charge is -2.25. The first kappa shape index (κ1) is 14.7. The van der Waals surface area contributed by atoms with Crippen LogP contribution < -0.4 is 5.32 Å². The third-order valence-corrected chi connectivity index (χ3v) is 3.66. The van der Waals surface area contributed by atoms with Crippen LogP contribution in [0, 0.1) is 0 Å². The summed E-state index contributed by atoms with van der Waals surface area (Å²) in [6.45, 7) is 4.97. The number of aromatic nitrogens is 3. The van der Waals surface area contributed by atoms with E-state index in [2.05, 4.69) is 57.5 Å². The molecule has 0 aliphatic carbocycles. The fourth-order valence-corrected chi connectivity index (χ4v) is 2.11. The van der Waals surface area contributed by atoms with Gasteiger partial charge in [-0.1, -0.05) is 47.1 Å². The molecule has 0 bridgehead atoms. The van der Waals surface area contributed by atoms with Crippen molar-refractivity contribution >= 4 is 21.8 Å². The Bertz CT molecular complexity index is 563. The van der Waals surface area contributed by atoms with E-state index in [-0.39, 0.29) is 17.9 Å². The first-order valence-electron chi connectivity index (χ1n) is 6.34. The van der Waals surface area contributed by atoms with E-state index in [0.717, 1.165) is 4.47 Å². The SMILES string of the molecule is CC(C)(CNC(=O)Cn1ccnn1)c1ccc(Br)cc1. The van der Waals surface area contributed by atoms with Gasteiger partial charge < -0.3 is 5.32 Å². The molecule has 2 aromatic rings. The predicted octanol–water partition coefficient (Wildman–Crippen LogP) is 2.13.